The van der Waals surface area contributed by atoms with Crippen molar-refractivity contribution in [1.82, 2.24) is 24.5 Å². The van der Waals surface area contributed by atoms with Crippen LogP contribution in [0, 0.1) is 6.92 Å². The fraction of sp³-hybridized carbons (Fsp3) is 0.333. The number of amides is 1. The number of carbonyl (C=O) groups is 1. The minimum absolute atomic E-state index is 0.0446. The van der Waals surface area contributed by atoms with Gasteiger partial charge in [-0.2, -0.15) is 8.99 Å². The van der Waals surface area contributed by atoms with E-state index in [0.29, 0.717) is 29.7 Å². The number of rotatable bonds is 10. The van der Waals surface area contributed by atoms with Crippen LogP contribution in [0.25, 0.3) is 5.69 Å². The van der Waals surface area contributed by atoms with E-state index in [2.05, 4.69) is 20.8 Å². The predicted molar refractivity (Wildman–Crippen MR) is 126 cm³/mol. The molecule has 0 saturated carbocycles. The molecule has 176 valence electrons. The molecule has 0 aliphatic rings. The molecule has 3 aromatic rings. The number of nitrogens with zero attached hydrogens (tertiary/aromatic N) is 5. The van der Waals surface area contributed by atoms with Gasteiger partial charge in [-0.3, -0.25) is 4.79 Å². The quantitative estimate of drug-likeness (QED) is 0.431. The number of anilines is 1. The summed E-state index contributed by atoms with van der Waals surface area (Å²) in [7, 11) is -2.04. The molecule has 1 amide bonds. The average Bonchev–Trinajstić information content (AvgIpc) is 3.28. The molecule has 0 aliphatic carbocycles. The summed E-state index contributed by atoms with van der Waals surface area (Å²) in [5.41, 5.74) is 1.94. The van der Waals surface area contributed by atoms with Gasteiger partial charge in [-0.05, 0) is 59.3 Å². The van der Waals surface area contributed by atoms with Crippen LogP contribution in [0.15, 0.2) is 52.5 Å². The van der Waals surface area contributed by atoms with E-state index in [0.717, 1.165) is 11.3 Å². The third-order valence-corrected chi connectivity index (χ3v) is 7.88. The summed E-state index contributed by atoms with van der Waals surface area (Å²) < 4.78 is 33.7. The smallest absolute Gasteiger partial charge is 0.243 e. The first-order chi connectivity index (χ1) is 15.8. The van der Waals surface area contributed by atoms with Crippen molar-refractivity contribution in [2.75, 3.05) is 31.3 Å². The fourth-order valence-electron chi connectivity index (χ4n) is 3.08. The molecule has 0 atom stereocenters. The highest BCUT2D eigenvalue weighted by molar-refractivity contribution is 7.99. The van der Waals surface area contributed by atoms with Crippen molar-refractivity contribution >= 4 is 33.4 Å². The van der Waals surface area contributed by atoms with Gasteiger partial charge < -0.3 is 10.1 Å². The number of nitrogens with one attached hydrogen (secondary N) is 1. The van der Waals surface area contributed by atoms with Crippen LogP contribution in [-0.2, 0) is 14.8 Å². The number of thioether (sulfide) groups is 1. The molecule has 0 fully saturated rings. The molecule has 3 rings (SSSR count). The Balaban J connectivity index is 1.71. The third kappa shape index (κ3) is 5.70. The lowest BCUT2D eigenvalue weighted by Gasteiger charge is -2.19. The zero-order valence-corrected chi connectivity index (χ0v) is 20.5. The van der Waals surface area contributed by atoms with Crippen molar-refractivity contribution in [1.29, 1.82) is 0 Å². The van der Waals surface area contributed by atoms with Crippen molar-refractivity contribution in [2.24, 2.45) is 0 Å². The number of tetrazole rings is 1. The van der Waals surface area contributed by atoms with Gasteiger partial charge in [-0.25, -0.2) is 8.42 Å². The first-order valence-corrected chi connectivity index (χ1v) is 12.7. The minimum atomic E-state index is -3.63. The number of aryl methyl sites for hydroxylation is 1. The lowest BCUT2D eigenvalue weighted by Crippen LogP contribution is -2.30. The van der Waals surface area contributed by atoms with Gasteiger partial charge in [-0.1, -0.05) is 31.7 Å². The van der Waals surface area contributed by atoms with Gasteiger partial charge in [0.2, 0.25) is 21.1 Å². The number of aromatic nitrogens is 4. The van der Waals surface area contributed by atoms with Crippen LogP contribution >= 0.6 is 11.8 Å². The van der Waals surface area contributed by atoms with E-state index >= 15 is 0 Å². The monoisotopic (exact) mass is 490 g/mol. The summed E-state index contributed by atoms with van der Waals surface area (Å²) >= 11 is 1.17. The highest BCUT2D eigenvalue weighted by atomic mass is 32.2. The second-order valence-corrected chi connectivity index (χ2v) is 9.85. The average molecular weight is 491 g/mol. The molecular formula is C21H26N6O4S2. The molecule has 12 heteroatoms. The Labute approximate surface area is 197 Å². The fourth-order valence-corrected chi connectivity index (χ4v) is 5.26. The van der Waals surface area contributed by atoms with E-state index in [4.69, 9.17) is 4.74 Å². The molecule has 1 aromatic heterocycles. The van der Waals surface area contributed by atoms with E-state index < -0.39 is 10.0 Å². The molecule has 33 heavy (non-hydrogen) atoms. The zero-order chi connectivity index (χ0) is 24.0. The number of carbonyl (C=O) groups excluding carboxylic acids is 1. The van der Waals surface area contributed by atoms with Crippen LogP contribution in [0.1, 0.15) is 19.4 Å². The van der Waals surface area contributed by atoms with Crippen LogP contribution < -0.4 is 10.1 Å². The molecule has 10 nitrogen and oxygen atoms in total. The van der Waals surface area contributed by atoms with Gasteiger partial charge in [-0.15, -0.1) is 5.10 Å². The molecule has 0 spiro atoms. The van der Waals surface area contributed by atoms with Crippen molar-refractivity contribution in [3.8, 4) is 11.4 Å². The van der Waals surface area contributed by atoms with E-state index in [9.17, 15) is 13.2 Å². The molecule has 0 radical (unpaired) electrons. The van der Waals surface area contributed by atoms with Crippen LogP contribution in [0.3, 0.4) is 0 Å². The molecule has 0 aliphatic heterocycles. The lowest BCUT2D eigenvalue weighted by atomic mass is 10.2. The van der Waals surface area contributed by atoms with Crippen molar-refractivity contribution in [3.05, 3.63) is 48.0 Å². The molecule has 0 unspecified atom stereocenters. The van der Waals surface area contributed by atoms with E-state index in [1.165, 1.54) is 26.8 Å². The zero-order valence-electron chi connectivity index (χ0n) is 18.8. The SMILES string of the molecule is CCN(CC)S(=O)(=O)c1ccc(C)c(NC(=O)CSc2nnnn2-c2ccc(OC)cc2)c1. The van der Waals surface area contributed by atoms with E-state index in [1.807, 2.05) is 12.1 Å². The van der Waals surface area contributed by atoms with E-state index in [-0.39, 0.29) is 16.6 Å². The normalized spacial score (nSPS) is 11.5. The maximum atomic E-state index is 12.8. The topological polar surface area (TPSA) is 119 Å². The number of hydrogen-bond acceptors (Lipinski definition) is 8. The number of ether oxygens (including phenoxy) is 1. The maximum absolute atomic E-state index is 12.8. The van der Waals surface area contributed by atoms with Crippen molar-refractivity contribution < 1.29 is 17.9 Å². The summed E-state index contributed by atoms with van der Waals surface area (Å²) in [6, 6.07) is 11.9. The minimum Gasteiger partial charge on any atom is -0.497 e. The predicted octanol–water partition coefficient (Wildman–Crippen LogP) is 2.74. The van der Waals surface area contributed by atoms with Gasteiger partial charge in [0.05, 0.1) is 23.4 Å². The molecule has 2 aromatic carbocycles. The van der Waals surface area contributed by atoms with Gasteiger partial charge in [0.1, 0.15) is 5.75 Å². The molecular weight excluding hydrogens is 464 g/mol. The number of methoxy groups -OCH3 is 1. The van der Waals surface area contributed by atoms with Gasteiger partial charge >= 0.3 is 0 Å². The highest BCUT2D eigenvalue weighted by Gasteiger charge is 2.22. The van der Waals surface area contributed by atoms with Gasteiger partial charge in [0.15, 0.2) is 0 Å². The summed E-state index contributed by atoms with van der Waals surface area (Å²) in [5, 5.41) is 14.9. The van der Waals surface area contributed by atoms with Crippen LogP contribution in [0.2, 0.25) is 0 Å². The summed E-state index contributed by atoms with van der Waals surface area (Å²) in [5.74, 6) is 0.453. The summed E-state index contributed by atoms with van der Waals surface area (Å²) in [6.07, 6.45) is 0. The Hall–Kier alpha value is -2.96. The molecule has 1 heterocycles. The Morgan fingerprint density at radius 2 is 1.85 bits per heavy atom. The second kappa shape index (κ2) is 10.8. The Morgan fingerprint density at radius 3 is 2.48 bits per heavy atom. The first kappa shape index (κ1) is 24.7. The largest absolute Gasteiger partial charge is 0.497 e. The Kier molecular flexibility index (Phi) is 8.06. The molecule has 0 bridgehead atoms. The maximum Gasteiger partial charge on any atom is 0.243 e. The van der Waals surface area contributed by atoms with Crippen LogP contribution in [0.5, 0.6) is 5.75 Å². The summed E-state index contributed by atoms with van der Waals surface area (Å²) in [4.78, 5) is 12.8. The standard InChI is InChI=1S/C21H26N6O4S2/c1-5-26(6-2)33(29,30)18-12-7-15(3)19(13-18)22-20(28)14-32-21-23-24-25-27(21)16-8-10-17(31-4)11-9-16/h7-13H,5-6,14H2,1-4H3,(H,22,28). The lowest BCUT2D eigenvalue weighted by molar-refractivity contribution is -0.113. The molecule has 0 saturated heterocycles. The first-order valence-electron chi connectivity index (χ1n) is 10.3. The number of benzene rings is 2. The van der Waals surface area contributed by atoms with E-state index in [1.54, 1.807) is 52.1 Å². The number of hydrogen-bond donors (Lipinski definition) is 1. The summed E-state index contributed by atoms with van der Waals surface area (Å²) in [6.45, 7) is 6.12. The van der Waals surface area contributed by atoms with Crippen molar-refractivity contribution in [3.63, 3.8) is 0 Å². The van der Waals surface area contributed by atoms with Gasteiger partial charge in [0.25, 0.3) is 0 Å². The van der Waals surface area contributed by atoms with Gasteiger partial charge in [0, 0.05) is 18.8 Å². The van der Waals surface area contributed by atoms with Crippen molar-refractivity contribution in [2.45, 2.75) is 30.8 Å². The Morgan fingerprint density at radius 1 is 1.15 bits per heavy atom. The van der Waals surface area contributed by atoms with Crippen LogP contribution in [-0.4, -0.2) is 64.8 Å². The number of sulfonamides is 1. The Bertz CT molecular complexity index is 1210. The third-order valence-electron chi connectivity index (χ3n) is 4.92. The van der Waals surface area contributed by atoms with Crippen LogP contribution in [0.4, 0.5) is 5.69 Å². The molecule has 1 N–H and O–H groups in total. The highest BCUT2D eigenvalue weighted by Crippen LogP contribution is 2.24. The second-order valence-electron chi connectivity index (χ2n) is 6.97.